The molecule has 0 radical (unpaired) electrons. The Bertz CT molecular complexity index is 805. The maximum atomic E-state index is 13.7. The minimum Gasteiger partial charge on any atom is -0.383 e. The Morgan fingerprint density at radius 3 is 2.70 bits per heavy atom. The Morgan fingerprint density at radius 2 is 2.00 bits per heavy atom. The lowest BCUT2D eigenvalue weighted by atomic mass is 10.2. The van der Waals surface area contributed by atoms with Crippen LogP contribution < -0.4 is 5.32 Å². The van der Waals surface area contributed by atoms with Gasteiger partial charge in [0.05, 0.1) is 12.2 Å². The summed E-state index contributed by atoms with van der Waals surface area (Å²) in [4.78, 5) is 32.9. The smallest absolute Gasteiger partial charge is 0.273 e. The highest BCUT2D eigenvalue weighted by Gasteiger charge is 2.24. The summed E-state index contributed by atoms with van der Waals surface area (Å²) in [6, 6.07) is 5.72. The Hall–Kier alpha value is -2.36. The van der Waals surface area contributed by atoms with E-state index < -0.39 is 11.7 Å². The van der Waals surface area contributed by atoms with E-state index in [1.165, 1.54) is 18.2 Å². The molecule has 3 rings (SSSR count). The second-order valence-electron chi connectivity index (χ2n) is 6.10. The number of methoxy groups -OCH3 is 1. The van der Waals surface area contributed by atoms with Crippen molar-refractivity contribution in [1.82, 2.24) is 14.8 Å². The van der Waals surface area contributed by atoms with Gasteiger partial charge in [-0.25, -0.2) is 9.37 Å². The van der Waals surface area contributed by atoms with Gasteiger partial charge in [-0.3, -0.25) is 19.8 Å². The monoisotopic (exact) mass is 392 g/mol. The van der Waals surface area contributed by atoms with Crippen molar-refractivity contribution < 1.29 is 18.7 Å². The van der Waals surface area contributed by atoms with Gasteiger partial charge in [0.25, 0.3) is 11.8 Å². The summed E-state index contributed by atoms with van der Waals surface area (Å²) in [5.74, 6) is -1.36. The fourth-order valence-electron chi connectivity index (χ4n) is 2.80. The molecule has 2 aromatic rings. The summed E-state index contributed by atoms with van der Waals surface area (Å²) in [5.41, 5.74) is 0.224. The van der Waals surface area contributed by atoms with Gasteiger partial charge in [-0.1, -0.05) is 12.1 Å². The number of aromatic nitrogens is 1. The largest absolute Gasteiger partial charge is 0.383 e. The van der Waals surface area contributed by atoms with Gasteiger partial charge in [-0.05, 0) is 12.1 Å². The van der Waals surface area contributed by atoms with Crippen molar-refractivity contribution in [2.75, 3.05) is 51.8 Å². The number of hydrogen-bond acceptors (Lipinski definition) is 6. The lowest BCUT2D eigenvalue weighted by Gasteiger charge is -2.34. The van der Waals surface area contributed by atoms with Gasteiger partial charge in [0, 0.05) is 45.2 Å². The second-order valence-corrected chi connectivity index (χ2v) is 6.96. The molecule has 1 saturated heterocycles. The molecule has 1 aromatic heterocycles. The summed E-state index contributed by atoms with van der Waals surface area (Å²) in [5, 5.41) is 4.42. The predicted molar refractivity (Wildman–Crippen MR) is 101 cm³/mol. The first-order valence-electron chi connectivity index (χ1n) is 8.60. The van der Waals surface area contributed by atoms with Crippen molar-refractivity contribution in [3.63, 3.8) is 0 Å². The lowest BCUT2D eigenvalue weighted by molar-refractivity contribution is 0.0589. The van der Waals surface area contributed by atoms with E-state index in [4.69, 9.17) is 4.74 Å². The average molecular weight is 392 g/mol. The number of piperazine rings is 1. The first-order valence-corrected chi connectivity index (χ1v) is 9.48. The van der Waals surface area contributed by atoms with E-state index in [1.54, 1.807) is 23.5 Å². The molecule has 1 fully saturated rings. The number of amides is 2. The number of anilines is 1. The third-order valence-electron chi connectivity index (χ3n) is 4.33. The summed E-state index contributed by atoms with van der Waals surface area (Å²) < 4.78 is 18.8. The van der Waals surface area contributed by atoms with Crippen LogP contribution in [0, 0.1) is 5.82 Å². The zero-order valence-corrected chi connectivity index (χ0v) is 15.8. The number of benzene rings is 1. The SMILES string of the molecule is COCCN1CCN(C(=O)c2csc(NC(=O)c3ccccc3F)n2)CC1. The van der Waals surface area contributed by atoms with Crippen molar-refractivity contribution >= 4 is 28.3 Å². The average Bonchev–Trinajstić information content (AvgIpc) is 3.15. The molecule has 2 heterocycles. The molecule has 144 valence electrons. The maximum Gasteiger partial charge on any atom is 0.273 e. The lowest BCUT2D eigenvalue weighted by Crippen LogP contribution is -2.49. The third-order valence-corrected chi connectivity index (χ3v) is 5.09. The van der Waals surface area contributed by atoms with Crippen molar-refractivity contribution in [3.8, 4) is 0 Å². The minimum atomic E-state index is -0.603. The topological polar surface area (TPSA) is 74.8 Å². The number of rotatable bonds is 6. The zero-order chi connectivity index (χ0) is 19.2. The number of halogens is 1. The molecule has 0 aliphatic carbocycles. The van der Waals surface area contributed by atoms with Crippen LogP contribution >= 0.6 is 11.3 Å². The fraction of sp³-hybridized carbons (Fsp3) is 0.389. The molecule has 9 heteroatoms. The zero-order valence-electron chi connectivity index (χ0n) is 15.0. The summed E-state index contributed by atoms with van der Waals surface area (Å²) in [7, 11) is 1.67. The fourth-order valence-corrected chi connectivity index (χ4v) is 3.48. The maximum absolute atomic E-state index is 13.7. The summed E-state index contributed by atoms with van der Waals surface area (Å²) in [6.45, 7) is 4.34. The standard InChI is InChI=1S/C18H21FN4O3S/c1-26-11-10-22-6-8-23(9-7-22)17(25)15-12-27-18(20-15)21-16(24)13-4-2-3-5-14(13)19/h2-5,12H,6-11H2,1H3,(H,20,21,24). The number of thiazole rings is 1. The van der Waals surface area contributed by atoms with Gasteiger partial charge in [0.2, 0.25) is 0 Å². The Morgan fingerprint density at radius 1 is 1.26 bits per heavy atom. The van der Waals surface area contributed by atoms with Crippen molar-refractivity contribution in [2.45, 2.75) is 0 Å². The van der Waals surface area contributed by atoms with Crippen LogP contribution in [-0.4, -0.2) is 73.0 Å². The van der Waals surface area contributed by atoms with Crippen LogP contribution in [0.2, 0.25) is 0 Å². The molecule has 7 nitrogen and oxygen atoms in total. The number of carbonyl (C=O) groups excluding carboxylic acids is 2. The highest BCUT2D eigenvalue weighted by molar-refractivity contribution is 7.14. The first-order chi connectivity index (χ1) is 13.1. The molecule has 1 aromatic carbocycles. The summed E-state index contributed by atoms with van der Waals surface area (Å²) >= 11 is 1.14. The molecule has 0 unspecified atom stereocenters. The van der Waals surface area contributed by atoms with E-state index in [9.17, 15) is 14.0 Å². The van der Waals surface area contributed by atoms with Gasteiger partial charge >= 0.3 is 0 Å². The number of nitrogens with one attached hydrogen (secondary N) is 1. The number of hydrogen-bond donors (Lipinski definition) is 1. The molecule has 1 aliphatic heterocycles. The van der Waals surface area contributed by atoms with Crippen LogP contribution in [0.4, 0.5) is 9.52 Å². The molecule has 0 bridgehead atoms. The quantitative estimate of drug-likeness (QED) is 0.813. The molecular weight excluding hydrogens is 371 g/mol. The number of nitrogens with zero attached hydrogens (tertiary/aromatic N) is 3. The van der Waals surface area contributed by atoms with Gasteiger partial charge in [0.15, 0.2) is 5.13 Å². The van der Waals surface area contributed by atoms with Crippen LogP contribution in [0.3, 0.4) is 0 Å². The molecule has 1 N–H and O–H groups in total. The van der Waals surface area contributed by atoms with Crippen LogP contribution in [0.15, 0.2) is 29.6 Å². The van der Waals surface area contributed by atoms with E-state index >= 15 is 0 Å². The highest BCUT2D eigenvalue weighted by atomic mass is 32.1. The van der Waals surface area contributed by atoms with E-state index in [2.05, 4.69) is 15.2 Å². The number of carbonyl (C=O) groups is 2. The normalized spacial score (nSPS) is 15.0. The van der Waals surface area contributed by atoms with E-state index in [1.807, 2.05) is 0 Å². The molecule has 0 atom stereocenters. The third kappa shape index (κ3) is 4.88. The van der Waals surface area contributed by atoms with Crippen LogP contribution in [-0.2, 0) is 4.74 Å². The van der Waals surface area contributed by atoms with E-state index in [-0.39, 0.29) is 22.3 Å². The van der Waals surface area contributed by atoms with Crippen LogP contribution in [0.25, 0.3) is 0 Å². The molecule has 27 heavy (non-hydrogen) atoms. The van der Waals surface area contributed by atoms with Crippen molar-refractivity contribution in [1.29, 1.82) is 0 Å². The van der Waals surface area contributed by atoms with Crippen LogP contribution in [0.5, 0.6) is 0 Å². The van der Waals surface area contributed by atoms with E-state index in [0.717, 1.165) is 31.0 Å². The van der Waals surface area contributed by atoms with Crippen LogP contribution in [0.1, 0.15) is 20.8 Å². The number of ether oxygens (including phenoxy) is 1. The molecular formula is C18H21FN4O3S. The minimum absolute atomic E-state index is 0.0623. The van der Waals surface area contributed by atoms with E-state index in [0.29, 0.717) is 19.7 Å². The van der Waals surface area contributed by atoms with Gasteiger partial charge in [0.1, 0.15) is 11.5 Å². The molecule has 0 saturated carbocycles. The van der Waals surface area contributed by atoms with Gasteiger partial charge in [-0.2, -0.15) is 0 Å². The Kier molecular flexibility index (Phi) is 6.49. The highest BCUT2D eigenvalue weighted by Crippen LogP contribution is 2.19. The first kappa shape index (κ1) is 19.4. The van der Waals surface area contributed by atoms with Crippen molar-refractivity contribution in [3.05, 3.63) is 46.7 Å². The predicted octanol–water partition coefficient (Wildman–Crippen LogP) is 1.94. The molecule has 1 aliphatic rings. The molecule has 2 amide bonds. The summed E-state index contributed by atoms with van der Waals surface area (Å²) in [6.07, 6.45) is 0. The second kappa shape index (κ2) is 9.03. The molecule has 0 spiro atoms. The Labute approximate surface area is 160 Å². The van der Waals surface area contributed by atoms with Gasteiger partial charge < -0.3 is 9.64 Å². The van der Waals surface area contributed by atoms with Crippen molar-refractivity contribution in [2.24, 2.45) is 0 Å². The van der Waals surface area contributed by atoms with Gasteiger partial charge in [-0.15, -0.1) is 11.3 Å². The Balaban J connectivity index is 1.57.